The number of sulfone groups is 2. The Morgan fingerprint density at radius 1 is 0.682 bits per heavy atom. The summed E-state index contributed by atoms with van der Waals surface area (Å²) in [5.74, 6) is -11.5. The van der Waals surface area contributed by atoms with Gasteiger partial charge in [-0.15, -0.1) is 12.6 Å². The van der Waals surface area contributed by atoms with Gasteiger partial charge in [0.2, 0.25) is 21.9 Å². The Hall–Kier alpha value is -8.91. The van der Waals surface area contributed by atoms with Gasteiger partial charge in [0.15, 0.2) is 66.3 Å². The van der Waals surface area contributed by atoms with Crippen LogP contribution in [0, 0.1) is 36.1 Å². The van der Waals surface area contributed by atoms with E-state index in [1.165, 1.54) is 80.0 Å². The van der Waals surface area contributed by atoms with Crippen LogP contribution in [0.5, 0.6) is 0 Å². The van der Waals surface area contributed by atoms with Gasteiger partial charge in [0.05, 0.1) is 54.9 Å². The first-order valence-corrected chi connectivity index (χ1v) is 33.2. The molecule has 12 rings (SSSR count). The highest BCUT2D eigenvalue weighted by atomic mass is 32.2. The number of aliphatic hydroxyl groups excluding tert-OH is 1. The van der Waals surface area contributed by atoms with Crippen molar-refractivity contribution in [1.82, 2.24) is 33.8 Å². The zero-order chi connectivity index (χ0) is 62.9. The molecular formula is C52H42F4N14O13S5. The van der Waals surface area contributed by atoms with Gasteiger partial charge in [0.1, 0.15) is 28.7 Å². The van der Waals surface area contributed by atoms with E-state index in [1.807, 2.05) is 0 Å². The summed E-state index contributed by atoms with van der Waals surface area (Å²) >= 11 is 0. The van der Waals surface area contributed by atoms with Crippen molar-refractivity contribution in [3.63, 3.8) is 0 Å². The summed E-state index contributed by atoms with van der Waals surface area (Å²) in [6.45, 7) is 2.24. The van der Waals surface area contributed by atoms with Gasteiger partial charge in [-0.05, 0) is 79.9 Å². The van der Waals surface area contributed by atoms with Gasteiger partial charge in [0, 0.05) is 64.8 Å². The van der Waals surface area contributed by atoms with E-state index in [1.54, 1.807) is 28.2 Å². The number of aryl methyl sites for hydroxylation is 1. The number of fused-ring (bicyclic) bond motifs is 14. The number of amidine groups is 4. The molecule has 6 bridgehead atoms. The number of aliphatic imine (C=N–C) groups is 4. The lowest BCUT2D eigenvalue weighted by atomic mass is 10.1. The SMILES string of the molecule is Cc1nc(NCCNS(=O)(=O)c2ccc3c4n5c(c3c2)C=c2c3ccncc3c(n2C5)=NC2=NC(=NC3=NC(=N4)c4cc(S(=O)(=O)CCCS(=O)(=O)CC(C)CO)ccc43)c3c(F)c(F)c(F)c(F)c32)nc(Nc2ccccc2S(=O)(=O)O)n1.O=S(=O)=O. The molecule has 4 aliphatic rings. The predicted molar refractivity (Wildman–Crippen MR) is 309 cm³/mol. The Morgan fingerprint density at radius 2 is 1.34 bits per heavy atom. The maximum Gasteiger partial charge on any atom is 0.425 e. The number of pyridine rings is 1. The average Bonchev–Trinajstić information content (AvgIpc) is 1.75. The first-order chi connectivity index (χ1) is 41.6. The van der Waals surface area contributed by atoms with Gasteiger partial charge in [-0.25, -0.2) is 72.5 Å². The Morgan fingerprint density at radius 3 is 2.06 bits per heavy atom. The highest BCUT2D eigenvalue weighted by Crippen LogP contribution is 2.39. The molecule has 4 aliphatic heterocycles. The number of rotatable bonds is 17. The minimum atomic E-state index is -4.62. The quantitative estimate of drug-likeness (QED) is 0.0288. The predicted octanol–water partition coefficient (Wildman–Crippen LogP) is 2.95. The summed E-state index contributed by atoms with van der Waals surface area (Å²) in [5.41, 5.74) is -1.19. The second kappa shape index (κ2) is 23.0. The maximum absolute atomic E-state index is 16.1. The van der Waals surface area contributed by atoms with E-state index in [0.29, 0.717) is 32.6 Å². The van der Waals surface area contributed by atoms with Gasteiger partial charge in [-0.3, -0.25) is 9.54 Å². The van der Waals surface area contributed by atoms with Crippen LogP contribution in [0.25, 0.3) is 27.6 Å². The summed E-state index contributed by atoms with van der Waals surface area (Å²) in [7, 11) is -20.1. The molecule has 0 fully saturated rings. The third kappa shape index (κ3) is 11.6. The van der Waals surface area contributed by atoms with E-state index in [-0.39, 0.29) is 106 Å². The minimum Gasteiger partial charge on any atom is -0.396 e. The summed E-state index contributed by atoms with van der Waals surface area (Å²) in [6, 6.07) is 15.2. The van der Waals surface area contributed by atoms with Crippen LogP contribution in [0.2, 0.25) is 0 Å². The minimum absolute atomic E-state index is 0.00146. The second-order valence-electron chi connectivity index (χ2n) is 20.0. The maximum atomic E-state index is 16.1. The van der Waals surface area contributed by atoms with Gasteiger partial charge in [0.25, 0.3) is 10.1 Å². The van der Waals surface area contributed by atoms with Crippen molar-refractivity contribution in [3.8, 4) is 0 Å². The fourth-order valence-corrected chi connectivity index (χ4v) is 15.1. The summed E-state index contributed by atoms with van der Waals surface area (Å²) in [6.07, 6.45) is 4.35. The topological polar surface area (TPSA) is 388 Å². The molecule has 36 heteroatoms. The Bertz CT molecular complexity index is 5230. The molecule has 1 unspecified atom stereocenters. The van der Waals surface area contributed by atoms with Crippen LogP contribution < -0.4 is 26.2 Å². The van der Waals surface area contributed by atoms with Gasteiger partial charge < -0.3 is 24.9 Å². The monoisotopic (exact) mass is 1310 g/mol. The van der Waals surface area contributed by atoms with E-state index in [4.69, 9.17) is 17.6 Å². The van der Waals surface area contributed by atoms with E-state index in [9.17, 15) is 43.3 Å². The number of halogens is 4. The van der Waals surface area contributed by atoms with Crippen LogP contribution in [-0.4, -0.2) is 145 Å². The number of hydrogen-bond acceptors (Lipinski definition) is 23. The van der Waals surface area contributed by atoms with E-state index in [0.717, 1.165) is 0 Å². The smallest absolute Gasteiger partial charge is 0.396 e. The van der Waals surface area contributed by atoms with Crippen LogP contribution in [0.1, 0.15) is 47.1 Å². The molecule has 27 nitrogen and oxygen atoms in total. The van der Waals surface area contributed by atoms with Gasteiger partial charge in [-0.1, -0.05) is 19.1 Å². The summed E-state index contributed by atoms with van der Waals surface area (Å²) in [4.78, 5) is 39.2. The van der Waals surface area contributed by atoms with Crippen LogP contribution in [0.4, 0.5) is 41.0 Å². The first-order valence-electron chi connectivity index (χ1n) is 25.8. The molecule has 456 valence electrons. The number of aliphatic hydroxyl groups is 1. The van der Waals surface area contributed by atoms with Crippen molar-refractivity contribution in [2.24, 2.45) is 30.9 Å². The third-order valence-corrected chi connectivity index (χ3v) is 20.1. The van der Waals surface area contributed by atoms with Crippen LogP contribution in [-0.2, 0) is 57.1 Å². The second-order valence-corrected chi connectivity index (χ2v) is 27.9. The Balaban J connectivity index is 0.00000194. The average molecular weight is 1310 g/mol. The van der Waals surface area contributed by atoms with Crippen LogP contribution >= 0.6 is 0 Å². The Kier molecular flexibility index (Phi) is 15.9. The molecule has 5 N–H and O–H groups in total. The van der Waals surface area contributed by atoms with Crippen LogP contribution in [0.3, 0.4) is 0 Å². The molecule has 4 aromatic heterocycles. The van der Waals surface area contributed by atoms with Crippen molar-refractivity contribution in [2.75, 3.05) is 47.6 Å². The number of nitrogens with zero attached hydrogens (tertiary/aromatic N) is 11. The molecule has 4 aromatic carbocycles. The zero-order valence-electron chi connectivity index (χ0n) is 45.2. The lowest BCUT2D eigenvalue weighted by Crippen LogP contribution is -2.34. The molecule has 0 saturated carbocycles. The molecule has 8 heterocycles. The standard InChI is InChI=1S/C52H42F4N14O10S4.O3S/c1-25(22-71)23-81(72,73)16-5-17-82(74,75)27-8-10-30-33(18-27)46-63-45(30)64-47-39-40(42(54)44(56)43(55)41(39)53)48(65-47)67-50-34-21-57-13-12-29(34)36-20-37-32-19-28(9-11-31(32)49(66-46)70(37)24-69(36)50)83(76,77)59-15-14-58-51-60-26(2)61-52(68-51)62-35-6-3-4-7-38(35)84(78,79)80;1-4(2)3/h3-4,6-13,18-21,25,59,71H,5,14-17,22-24H2,1-2H3,(H,78,79,80)(H2,58,60,61,62,68);. The molecule has 0 amide bonds. The summed E-state index contributed by atoms with van der Waals surface area (Å²) in [5, 5.41) is 17.1. The number of hydrogen-bond donors (Lipinski definition) is 5. The lowest BCUT2D eigenvalue weighted by molar-refractivity contribution is 0.249. The van der Waals surface area contributed by atoms with E-state index < -0.39 is 119 Å². The summed E-state index contributed by atoms with van der Waals surface area (Å²) < 4.78 is 209. The molecule has 0 radical (unpaired) electrons. The number of sulfonamides is 1. The highest BCUT2D eigenvalue weighted by Gasteiger charge is 2.37. The number of benzene rings is 4. The molecule has 1 atom stereocenters. The molecule has 8 aromatic rings. The van der Waals surface area contributed by atoms with Crippen molar-refractivity contribution >= 4 is 125 Å². The van der Waals surface area contributed by atoms with Crippen molar-refractivity contribution < 1.29 is 73.5 Å². The largest absolute Gasteiger partial charge is 0.425 e. The highest BCUT2D eigenvalue weighted by molar-refractivity contribution is 7.92. The number of aromatic nitrogens is 6. The molecule has 88 heavy (non-hydrogen) atoms. The molecule has 0 aliphatic carbocycles. The fraction of sp³-hybridized carbons (Fsp3) is 0.212. The van der Waals surface area contributed by atoms with Crippen molar-refractivity contribution in [1.29, 1.82) is 0 Å². The first kappa shape index (κ1) is 60.8. The van der Waals surface area contributed by atoms with Gasteiger partial charge in [-0.2, -0.15) is 23.4 Å². The number of anilines is 3. The zero-order valence-corrected chi connectivity index (χ0v) is 49.3. The number of para-hydroxylation sites is 1. The van der Waals surface area contributed by atoms with E-state index in [2.05, 4.69) is 55.3 Å². The molecular weight excluding hydrogens is 1260 g/mol. The van der Waals surface area contributed by atoms with E-state index >= 15 is 17.6 Å². The molecule has 0 spiro atoms. The normalized spacial score (nSPS) is 14.5. The van der Waals surface area contributed by atoms with Crippen molar-refractivity contribution in [3.05, 3.63) is 147 Å². The third-order valence-electron chi connectivity index (χ3n) is 14.0. The van der Waals surface area contributed by atoms with Crippen LogP contribution in [0.15, 0.2) is 119 Å². The van der Waals surface area contributed by atoms with Crippen molar-refractivity contribution in [2.45, 2.75) is 41.6 Å². The Labute approximate surface area is 496 Å². The fourth-order valence-electron chi connectivity index (χ4n) is 10.2. The molecule has 0 saturated heterocycles. The van der Waals surface area contributed by atoms with Gasteiger partial charge >= 0.3 is 10.6 Å². The lowest BCUT2D eigenvalue weighted by Gasteiger charge is -2.16. The number of nitrogens with one attached hydrogen (secondary N) is 3.